The number of nitrogens with zero attached hydrogens (tertiary/aromatic N) is 2. The van der Waals surface area contributed by atoms with Gasteiger partial charge in [-0.15, -0.1) is 0 Å². The van der Waals surface area contributed by atoms with Crippen LogP contribution in [0.5, 0.6) is 0 Å². The molecule has 0 saturated carbocycles. The zero-order valence-electron chi connectivity index (χ0n) is 16.4. The molecule has 0 fully saturated rings. The minimum absolute atomic E-state index is 0.344. The fraction of sp³-hybridized carbons (Fsp3) is 0.304. The van der Waals surface area contributed by atoms with Crippen LogP contribution in [0.4, 0.5) is 0 Å². The second-order valence-corrected chi connectivity index (χ2v) is 7.15. The van der Waals surface area contributed by atoms with E-state index in [-0.39, 0.29) is 5.97 Å². The number of hydrogen-bond donors (Lipinski definition) is 0. The van der Waals surface area contributed by atoms with Crippen LogP contribution in [-0.2, 0) is 11.2 Å². The smallest absolute Gasteiger partial charge is 0.358 e. The van der Waals surface area contributed by atoms with Crippen molar-refractivity contribution in [1.29, 1.82) is 0 Å². The van der Waals surface area contributed by atoms with Crippen molar-refractivity contribution < 1.29 is 9.53 Å². The third kappa shape index (κ3) is 4.45. The molecule has 0 N–H and O–H groups in total. The van der Waals surface area contributed by atoms with E-state index in [2.05, 4.69) is 74.3 Å². The molecule has 2 aromatic carbocycles. The van der Waals surface area contributed by atoms with E-state index in [0.29, 0.717) is 18.2 Å². The molecule has 1 heterocycles. The Morgan fingerprint density at radius 1 is 1.11 bits per heavy atom. The number of hydrogen-bond acceptors (Lipinski definition) is 3. The van der Waals surface area contributed by atoms with Gasteiger partial charge in [0.15, 0.2) is 5.69 Å². The Morgan fingerprint density at radius 2 is 1.85 bits per heavy atom. The Morgan fingerprint density at radius 3 is 2.48 bits per heavy atom. The molecular formula is C23H26N2O2. The van der Waals surface area contributed by atoms with E-state index in [4.69, 9.17) is 4.74 Å². The lowest BCUT2D eigenvalue weighted by atomic mass is 10.0. The Bertz CT molecular complexity index is 924. The van der Waals surface area contributed by atoms with E-state index in [9.17, 15) is 4.79 Å². The van der Waals surface area contributed by atoms with Crippen LogP contribution in [0, 0.1) is 12.8 Å². The number of aromatic nitrogens is 2. The molecule has 0 unspecified atom stereocenters. The molecule has 1 aromatic heterocycles. The van der Waals surface area contributed by atoms with Crippen LogP contribution >= 0.6 is 0 Å². The summed E-state index contributed by atoms with van der Waals surface area (Å²) in [5.74, 6) is 0.932. The fourth-order valence-corrected chi connectivity index (χ4v) is 3.09. The molecule has 3 aromatic rings. The summed E-state index contributed by atoms with van der Waals surface area (Å²) in [6.45, 7) is 8.52. The van der Waals surface area contributed by atoms with Gasteiger partial charge in [0.25, 0.3) is 0 Å². The first-order chi connectivity index (χ1) is 13.0. The van der Waals surface area contributed by atoms with Gasteiger partial charge in [-0.05, 0) is 43.0 Å². The van der Waals surface area contributed by atoms with Gasteiger partial charge < -0.3 is 9.30 Å². The average molecular weight is 362 g/mol. The molecule has 0 atom stereocenters. The molecule has 0 radical (unpaired) electrons. The van der Waals surface area contributed by atoms with E-state index in [1.165, 1.54) is 16.7 Å². The van der Waals surface area contributed by atoms with E-state index >= 15 is 0 Å². The highest BCUT2D eigenvalue weighted by Gasteiger charge is 2.17. The van der Waals surface area contributed by atoms with Gasteiger partial charge >= 0.3 is 5.97 Å². The molecule has 4 nitrogen and oxygen atoms in total. The quantitative estimate of drug-likeness (QED) is 0.565. The van der Waals surface area contributed by atoms with E-state index in [0.717, 1.165) is 17.9 Å². The molecule has 0 amide bonds. The maximum atomic E-state index is 12.1. The summed E-state index contributed by atoms with van der Waals surface area (Å²) < 4.78 is 7.10. The molecular weight excluding hydrogens is 336 g/mol. The summed E-state index contributed by atoms with van der Waals surface area (Å²) in [4.78, 5) is 16.6. The summed E-state index contributed by atoms with van der Waals surface area (Å²) in [7, 11) is 0. The molecule has 0 bridgehead atoms. The van der Waals surface area contributed by atoms with Gasteiger partial charge in [-0.25, -0.2) is 9.78 Å². The van der Waals surface area contributed by atoms with Gasteiger partial charge in [0.2, 0.25) is 0 Å². The number of carbonyl (C=O) groups is 1. The Hall–Kier alpha value is -2.88. The molecule has 0 aliphatic heterocycles. The highest BCUT2D eigenvalue weighted by atomic mass is 16.5. The molecule has 0 saturated heterocycles. The van der Waals surface area contributed by atoms with Gasteiger partial charge in [0, 0.05) is 18.3 Å². The van der Waals surface area contributed by atoms with Crippen molar-refractivity contribution in [3.63, 3.8) is 0 Å². The van der Waals surface area contributed by atoms with Crippen LogP contribution in [0.25, 0.3) is 16.8 Å². The molecule has 4 heteroatoms. The third-order valence-electron chi connectivity index (χ3n) is 4.35. The Balaban J connectivity index is 1.95. The first-order valence-electron chi connectivity index (χ1n) is 9.40. The van der Waals surface area contributed by atoms with Gasteiger partial charge in [-0.3, -0.25) is 0 Å². The number of esters is 1. The number of rotatable bonds is 6. The number of benzene rings is 2. The highest BCUT2D eigenvalue weighted by molar-refractivity contribution is 5.87. The molecule has 140 valence electrons. The first kappa shape index (κ1) is 18.9. The third-order valence-corrected chi connectivity index (χ3v) is 4.35. The summed E-state index contributed by atoms with van der Waals surface area (Å²) in [6.07, 6.45) is 2.57. The van der Waals surface area contributed by atoms with Crippen LogP contribution in [0.3, 0.4) is 0 Å². The van der Waals surface area contributed by atoms with Crippen molar-refractivity contribution in [2.45, 2.75) is 34.1 Å². The SMILES string of the molecule is CCOC(=O)c1cn(-c2ccc(-c3cccc(C)c3)cc2)c(CC(C)C)n1. The second kappa shape index (κ2) is 8.21. The predicted molar refractivity (Wildman–Crippen MR) is 108 cm³/mol. The maximum Gasteiger partial charge on any atom is 0.358 e. The van der Waals surface area contributed by atoms with Gasteiger partial charge in [-0.1, -0.05) is 55.8 Å². The zero-order chi connectivity index (χ0) is 19.4. The van der Waals surface area contributed by atoms with Crippen molar-refractivity contribution in [3.05, 3.63) is 71.8 Å². The number of carbonyl (C=O) groups excluding carboxylic acids is 1. The van der Waals surface area contributed by atoms with Crippen molar-refractivity contribution >= 4 is 5.97 Å². The zero-order valence-corrected chi connectivity index (χ0v) is 16.4. The lowest BCUT2D eigenvalue weighted by molar-refractivity contribution is 0.0520. The van der Waals surface area contributed by atoms with Gasteiger partial charge in [0.1, 0.15) is 5.82 Å². The fourth-order valence-electron chi connectivity index (χ4n) is 3.09. The van der Waals surface area contributed by atoms with E-state index < -0.39 is 0 Å². The summed E-state index contributed by atoms with van der Waals surface area (Å²) >= 11 is 0. The summed E-state index contributed by atoms with van der Waals surface area (Å²) in [5.41, 5.74) is 4.95. The predicted octanol–water partition coefficient (Wildman–Crippen LogP) is 5.22. The first-order valence-corrected chi connectivity index (χ1v) is 9.40. The van der Waals surface area contributed by atoms with Crippen LogP contribution in [0.15, 0.2) is 54.7 Å². The molecule has 0 aliphatic carbocycles. The molecule has 3 rings (SSSR count). The largest absolute Gasteiger partial charge is 0.461 e. The minimum Gasteiger partial charge on any atom is -0.461 e. The van der Waals surface area contributed by atoms with Crippen molar-refractivity contribution in [2.75, 3.05) is 6.61 Å². The van der Waals surface area contributed by atoms with Crippen molar-refractivity contribution in [1.82, 2.24) is 9.55 Å². The molecule has 27 heavy (non-hydrogen) atoms. The van der Waals surface area contributed by atoms with E-state index in [1.807, 2.05) is 4.57 Å². The minimum atomic E-state index is -0.377. The lowest BCUT2D eigenvalue weighted by Crippen LogP contribution is -2.05. The topological polar surface area (TPSA) is 44.1 Å². The standard InChI is InChI=1S/C23H26N2O2/c1-5-27-23(26)21-15-25(22(24-21)13-16(2)3)20-11-9-18(10-12-20)19-8-6-7-17(4)14-19/h6-12,14-16H,5,13H2,1-4H3. The average Bonchev–Trinajstić information content (AvgIpc) is 3.05. The lowest BCUT2D eigenvalue weighted by Gasteiger charge is -2.10. The van der Waals surface area contributed by atoms with Crippen LogP contribution in [0.1, 0.15) is 42.6 Å². The monoisotopic (exact) mass is 362 g/mol. The highest BCUT2D eigenvalue weighted by Crippen LogP contribution is 2.23. The normalized spacial score (nSPS) is 11.0. The van der Waals surface area contributed by atoms with Crippen LogP contribution < -0.4 is 0 Å². The molecule has 0 aliphatic rings. The maximum absolute atomic E-state index is 12.1. The molecule has 0 spiro atoms. The Labute approximate surface area is 160 Å². The van der Waals surface area contributed by atoms with Crippen LogP contribution in [0.2, 0.25) is 0 Å². The van der Waals surface area contributed by atoms with Gasteiger partial charge in [-0.2, -0.15) is 0 Å². The number of ether oxygens (including phenoxy) is 1. The summed E-state index contributed by atoms with van der Waals surface area (Å²) in [5, 5.41) is 0. The van der Waals surface area contributed by atoms with Crippen molar-refractivity contribution in [3.8, 4) is 16.8 Å². The van der Waals surface area contributed by atoms with Crippen molar-refractivity contribution in [2.24, 2.45) is 5.92 Å². The Kier molecular flexibility index (Phi) is 5.75. The second-order valence-electron chi connectivity index (χ2n) is 7.15. The number of aryl methyl sites for hydroxylation is 1. The van der Waals surface area contributed by atoms with Gasteiger partial charge in [0.05, 0.1) is 6.61 Å². The summed E-state index contributed by atoms with van der Waals surface area (Å²) in [6, 6.07) is 16.8. The van der Waals surface area contributed by atoms with E-state index in [1.54, 1.807) is 13.1 Å². The van der Waals surface area contributed by atoms with Crippen LogP contribution in [-0.4, -0.2) is 22.1 Å². The number of imidazole rings is 1.